The van der Waals surface area contributed by atoms with Crippen molar-refractivity contribution in [3.63, 3.8) is 0 Å². The summed E-state index contributed by atoms with van der Waals surface area (Å²) in [5.74, 6) is -0.736. The van der Waals surface area contributed by atoms with Gasteiger partial charge in [-0.2, -0.15) is 4.72 Å². The molecule has 0 aromatic heterocycles. The van der Waals surface area contributed by atoms with E-state index in [1.54, 1.807) is 7.05 Å². The Morgan fingerprint density at radius 1 is 1.03 bits per heavy atom. The fourth-order valence-corrected chi connectivity index (χ4v) is 3.83. The van der Waals surface area contributed by atoms with E-state index in [4.69, 9.17) is 9.47 Å². The van der Waals surface area contributed by atoms with Gasteiger partial charge in [0.15, 0.2) is 6.61 Å². The average molecular weight is 435 g/mol. The molecule has 0 radical (unpaired) electrons. The van der Waals surface area contributed by atoms with Gasteiger partial charge in [0.05, 0.1) is 18.0 Å². The molecule has 2 aromatic carbocycles. The molecule has 0 aliphatic rings. The predicted molar refractivity (Wildman–Crippen MR) is 111 cm³/mol. The molecular formula is C21H26N2O6S. The van der Waals surface area contributed by atoms with Crippen LogP contribution in [-0.2, 0) is 24.3 Å². The van der Waals surface area contributed by atoms with Crippen LogP contribution in [0, 0.1) is 0 Å². The van der Waals surface area contributed by atoms with Gasteiger partial charge in [0.25, 0.3) is 5.91 Å². The van der Waals surface area contributed by atoms with Crippen LogP contribution in [0.3, 0.4) is 0 Å². The summed E-state index contributed by atoms with van der Waals surface area (Å²) in [5.41, 5.74) is 0.945. The van der Waals surface area contributed by atoms with Crippen molar-refractivity contribution in [2.24, 2.45) is 0 Å². The van der Waals surface area contributed by atoms with Crippen molar-refractivity contribution < 1.29 is 27.5 Å². The van der Waals surface area contributed by atoms with Crippen molar-refractivity contribution >= 4 is 21.9 Å². The number of nitrogens with one attached hydrogen (secondary N) is 1. The summed E-state index contributed by atoms with van der Waals surface area (Å²) in [6.45, 7) is 2.73. The van der Waals surface area contributed by atoms with Gasteiger partial charge in [-0.25, -0.2) is 8.42 Å². The Hall–Kier alpha value is -2.91. The highest BCUT2D eigenvalue weighted by atomic mass is 32.2. The molecule has 30 heavy (non-hydrogen) atoms. The number of carbonyl (C=O) groups excluding carboxylic acids is 2. The predicted octanol–water partition coefficient (Wildman–Crippen LogP) is 2.12. The molecule has 0 fully saturated rings. The summed E-state index contributed by atoms with van der Waals surface area (Å²) >= 11 is 0. The van der Waals surface area contributed by atoms with Gasteiger partial charge in [0.2, 0.25) is 10.0 Å². The molecule has 0 aliphatic heterocycles. The lowest BCUT2D eigenvalue weighted by Gasteiger charge is -2.25. The Bertz CT molecular complexity index is 961. The molecule has 1 unspecified atom stereocenters. The van der Waals surface area contributed by atoms with Gasteiger partial charge in [-0.3, -0.25) is 9.59 Å². The molecule has 9 heteroatoms. The van der Waals surface area contributed by atoms with Crippen LogP contribution in [-0.4, -0.2) is 52.0 Å². The summed E-state index contributed by atoms with van der Waals surface area (Å²) in [5, 5.41) is 0. The summed E-state index contributed by atoms with van der Waals surface area (Å²) in [6, 6.07) is 13.8. The molecule has 2 aromatic rings. The lowest BCUT2D eigenvalue weighted by molar-refractivity contribution is -0.153. The first-order valence-electron chi connectivity index (χ1n) is 9.29. The maximum atomic E-state index is 12.4. The number of amides is 1. The average Bonchev–Trinajstić information content (AvgIpc) is 2.76. The molecule has 0 bridgehead atoms. The molecule has 0 saturated heterocycles. The molecule has 2 atom stereocenters. The van der Waals surface area contributed by atoms with E-state index in [1.807, 2.05) is 37.3 Å². The fourth-order valence-electron chi connectivity index (χ4n) is 2.63. The zero-order chi connectivity index (χ0) is 22.3. The number of rotatable bonds is 9. The van der Waals surface area contributed by atoms with Gasteiger partial charge in [0, 0.05) is 7.05 Å². The van der Waals surface area contributed by atoms with E-state index >= 15 is 0 Å². The number of hydrogen-bond donors (Lipinski definition) is 1. The summed E-state index contributed by atoms with van der Waals surface area (Å²) in [4.78, 5) is 26.0. The van der Waals surface area contributed by atoms with Crippen molar-refractivity contribution in [2.75, 3.05) is 20.8 Å². The minimum Gasteiger partial charge on any atom is -0.497 e. The lowest BCUT2D eigenvalue weighted by Crippen LogP contribution is -2.41. The Morgan fingerprint density at radius 3 is 2.20 bits per heavy atom. The SMILES string of the molecule is COc1ccc(S(=O)(=O)N[C@@H](C)C(=O)OCC(=O)N(C)C(C)c2ccccc2)cc1. The largest absolute Gasteiger partial charge is 0.497 e. The standard InChI is InChI=1S/C21H26N2O6S/c1-15(22-30(26,27)19-12-10-18(28-4)11-13-19)21(25)29-14-20(24)23(3)16(2)17-8-6-5-7-9-17/h5-13,15-16,22H,14H2,1-4H3/t15-,16?/m0/s1. The van der Waals surface area contributed by atoms with Gasteiger partial charge in [0.1, 0.15) is 11.8 Å². The number of likely N-dealkylation sites (N-methyl/N-ethyl adjacent to an activating group) is 1. The Morgan fingerprint density at radius 2 is 1.63 bits per heavy atom. The number of sulfonamides is 1. The first kappa shape index (κ1) is 23.4. The summed E-state index contributed by atoms with van der Waals surface area (Å²) in [7, 11) is -0.849. The highest BCUT2D eigenvalue weighted by Crippen LogP contribution is 2.18. The van der Waals surface area contributed by atoms with Crippen LogP contribution in [0.15, 0.2) is 59.5 Å². The second-order valence-electron chi connectivity index (χ2n) is 6.72. The molecule has 1 N–H and O–H groups in total. The lowest BCUT2D eigenvalue weighted by atomic mass is 10.1. The minimum absolute atomic E-state index is 0.0181. The number of benzene rings is 2. The zero-order valence-corrected chi connectivity index (χ0v) is 18.2. The van der Waals surface area contributed by atoms with E-state index in [2.05, 4.69) is 4.72 Å². The normalized spacial score (nSPS) is 13.2. The van der Waals surface area contributed by atoms with Crippen LogP contribution in [0.5, 0.6) is 5.75 Å². The van der Waals surface area contributed by atoms with E-state index < -0.39 is 34.5 Å². The van der Waals surface area contributed by atoms with Crippen LogP contribution >= 0.6 is 0 Å². The van der Waals surface area contributed by atoms with Crippen LogP contribution in [0.2, 0.25) is 0 Å². The second-order valence-corrected chi connectivity index (χ2v) is 8.43. The number of ether oxygens (including phenoxy) is 2. The number of carbonyl (C=O) groups is 2. The molecular weight excluding hydrogens is 408 g/mol. The van der Waals surface area contributed by atoms with Gasteiger partial charge >= 0.3 is 5.97 Å². The van der Waals surface area contributed by atoms with E-state index in [0.717, 1.165) is 5.56 Å². The highest BCUT2D eigenvalue weighted by molar-refractivity contribution is 7.89. The van der Waals surface area contributed by atoms with Gasteiger partial charge in [-0.1, -0.05) is 30.3 Å². The van der Waals surface area contributed by atoms with Gasteiger partial charge < -0.3 is 14.4 Å². The molecule has 1 amide bonds. The number of hydrogen-bond acceptors (Lipinski definition) is 6. The van der Waals surface area contributed by atoms with Crippen LogP contribution in [0.25, 0.3) is 0 Å². The minimum atomic E-state index is -3.94. The Balaban J connectivity index is 1.91. The quantitative estimate of drug-likeness (QED) is 0.607. The maximum Gasteiger partial charge on any atom is 0.324 e. The van der Waals surface area contributed by atoms with Gasteiger partial charge in [-0.05, 0) is 43.7 Å². The van der Waals surface area contributed by atoms with Crippen molar-refractivity contribution in [3.8, 4) is 5.75 Å². The van der Waals surface area contributed by atoms with Crippen LogP contribution < -0.4 is 9.46 Å². The Labute approximate surface area is 176 Å². The number of nitrogens with zero attached hydrogens (tertiary/aromatic N) is 1. The first-order chi connectivity index (χ1) is 14.2. The molecule has 8 nitrogen and oxygen atoms in total. The number of esters is 1. The third-order valence-corrected chi connectivity index (χ3v) is 6.21. The van der Waals surface area contributed by atoms with E-state index in [0.29, 0.717) is 5.75 Å². The van der Waals surface area contributed by atoms with Crippen molar-refractivity contribution in [1.82, 2.24) is 9.62 Å². The molecule has 0 spiro atoms. The second kappa shape index (κ2) is 10.2. The molecule has 2 rings (SSSR count). The highest BCUT2D eigenvalue weighted by Gasteiger charge is 2.25. The summed E-state index contributed by atoms with van der Waals surface area (Å²) in [6.07, 6.45) is 0. The third-order valence-electron chi connectivity index (χ3n) is 4.65. The zero-order valence-electron chi connectivity index (χ0n) is 17.4. The Kier molecular flexibility index (Phi) is 7.96. The van der Waals surface area contributed by atoms with E-state index in [1.165, 1.54) is 43.2 Å². The van der Waals surface area contributed by atoms with E-state index in [9.17, 15) is 18.0 Å². The molecule has 0 heterocycles. The van der Waals surface area contributed by atoms with Crippen molar-refractivity contribution in [3.05, 3.63) is 60.2 Å². The molecule has 0 aliphatic carbocycles. The fraction of sp³-hybridized carbons (Fsp3) is 0.333. The van der Waals surface area contributed by atoms with Crippen LogP contribution in [0.1, 0.15) is 25.5 Å². The third kappa shape index (κ3) is 6.04. The monoisotopic (exact) mass is 434 g/mol. The smallest absolute Gasteiger partial charge is 0.324 e. The van der Waals surface area contributed by atoms with Crippen molar-refractivity contribution in [1.29, 1.82) is 0 Å². The van der Waals surface area contributed by atoms with E-state index in [-0.39, 0.29) is 10.9 Å². The summed E-state index contributed by atoms with van der Waals surface area (Å²) < 4.78 is 37.1. The maximum absolute atomic E-state index is 12.4. The van der Waals surface area contributed by atoms with Gasteiger partial charge in [-0.15, -0.1) is 0 Å². The number of methoxy groups -OCH3 is 1. The first-order valence-corrected chi connectivity index (χ1v) is 10.8. The van der Waals surface area contributed by atoms with Crippen LogP contribution in [0.4, 0.5) is 0 Å². The topological polar surface area (TPSA) is 102 Å². The molecule has 162 valence electrons. The molecule has 0 saturated carbocycles. The van der Waals surface area contributed by atoms with Crippen molar-refractivity contribution in [2.45, 2.75) is 30.8 Å².